The second-order valence-electron chi connectivity index (χ2n) is 4.78. The lowest BCUT2D eigenvalue weighted by Gasteiger charge is -2.25. The topological polar surface area (TPSA) is 104 Å². The van der Waals surface area contributed by atoms with Gasteiger partial charge in [0.1, 0.15) is 23.2 Å². The number of benzene rings is 1. The molecule has 12 heteroatoms. The predicted octanol–water partition coefficient (Wildman–Crippen LogP) is 1.95. The maximum Gasteiger partial charge on any atom is 0.421 e. The van der Waals surface area contributed by atoms with Crippen LogP contribution in [-0.4, -0.2) is 51.6 Å². The molecule has 0 fully saturated rings. The van der Waals surface area contributed by atoms with Crippen LogP contribution in [0.5, 0.6) is 12.0 Å². The molecule has 0 aliphatic carbocycles. The molecule has 2 aromatic rings. The molecule has 1 N–H and O–H groups in total. The Morgan fingerprint density at radius 3 is 2.27 bits per heavy atom. The number of alkyl halides is 2. The van der Waals surface area contributed by atoms with Crippen LogP contribution < -0.4 is 13.8 Å². The van der Waals surface area contributed by atoms with Crippen molar-refractivity contribution in [3.05, 3.63) is 34.6 Å². The number of nitrogens with zero attached hydrogens (tertiary/aromatic N) is 4. The van der Waals surface area contributed by atoms with Crippen LogP contribution in [-0.2, 0) is 11.4 Å². The molecule has 2 rings (SSSR count). The van der Waals surface area contributed by atoms with E-state index in [9.17, 15) is 18.4 Å². The zero-order valence-corrected chi connectivity index (χ0v) is 15.5. The van der Waals surface area contributed by atoms with Gasteiger partial charge in [-0.1, -0.05) is 23.7 Å². The summed E-state index contributed by atoms with van der Waals surface area (Å²) < 4.78 is 48.1. The fraction of sp³-hybridized carbons (Fsp3) is 0.357. The van der Waals surface area contributed by atoms with Gasteiger partial charge in [0.2, 0.25) is 0 Å². The smallest absolute Gasteiger partial charge is 0.421 e. The molecule has 1 aromatic carbocycles. The Morgan fingerprint density at radius 2 is 1.77 bits per heavy atom. The average molecular weight is 409 g/mol. The second-order valence-corrected chi connectivity index (χ2v) is 6.65. The van der Waals surface area contributed by atoms with Crippen LogP contribution in [0.3, 0.4) is 0 Å². The van der Waals surface area contributed by atoms with E-state index in [-0.39, 0.29) is 34.1 Å². The van der Waals surface area contributed by atoms with Gasteiger partial charge in [0.05, 0.1) is 26.3 Å². The number of rotatable bonds is 7. The van der Waals surface area contributed by atoms with Crippen molar-refractivity contribution in [2.24, 2.45) is 0 Å². The van der Waals surface area contributed by atoms with Crippen molar-refractivity contribution in [2.75, 3.05) is 25.6 Å². The van der Waals surface area contributed by atoms with E-state index in [1.54, 1.807) is 0 Å². The minimum absolute atomic E-state index is 0.0195. The number of anilines is 1. The van der Waals surface area contributed by atoms with Crippen molar-refractivity contribution >= 4 is 28.7 Å². The lowest BCUT2D eigenvalue weighted by Crippen LogP contribution is -2.33. The summed E-state index contributed by atoms with van der Waals surface area (Å²) >= 11 is 3.42. The van der Waals surface area contributed by atoms with Crippen LogP contribution in [0.2, 0.25) is 5.02 Å². The molecule has 26 heavy (non-hydrogen) atoms. The van der Waals surface area contributed by atoms with E-state index >= 15 is 0 Å². The molecule has 0 aliphatic rings. The van der Waals surface area contributed by atoms with Crippen LogP contribution >= 0.6 is 11.6 Å². The largest absolute Gasteiger partial charge is 0.588 e. The highest BCUT2D eigenvalue weighted by atomic mass is 35.5. The molecule has 8 nitrogen and oxygen atoms in total. The van der Waals surface area contributed by atoms with Gasteiger partial charge in [-0.25, -0.2) is 0 Å². The minimum Gasteiger partial charge on any atom is -0.588 e. The van der Waals surface area contributed by atoms with Crippen molar-refractivity contribution in [3.8, 4) is 12.0 Å². The Hall–Kier alpha value is -1.95. The van der Waals surface area contributed by atoms with Gasteiger partial charge >= 0.3 is 17.8 Å². The number of aliphatic hydroxyl groups is 1. The van der Waals surface area contributed by atoms with Gasteiger partial charge in [-0.3, -0.25) is 0 Å². The highest BCUT2D eigenvalue weighted by Gasteiger charge is 2.32. The third-order valence-corrected chi connectivity index (χ3v) is 4.60. The van der Waals surface area contributed by atoms with Crippen LogP contribution in [0.4, 0.5) is 14.5 Å². The fourth-order valence-electron chi connectivity index (χ4n) is 2.09. The Morgan fingerprint density at radius 1 is 1.19 bits per heavy atom. The molecule has 1 heterocycles. The fourth-order valence-corrected chi connectivity index (χ4v) is 3.07. The van der Waals surface area contributed by atoms with Crippen LogP contribution in [0.1, 0.15) is 17.5 Å². The summed E-state index contributed by atoms with van der Waals surface area (Å²) in [6.45, 7) is 0. The molecular weight excluding hydrogens is 394 g/mol. The Labute approximate surface area is 156 Å². The standard InChI is InChI=1S/C14H15ClF2N4O4S/c1-21(26(23)12(16)17)9-7(5-4-6-8(9)15)10(22)11-18-13(24-2)20-14(19-11)25-3/h4-6,10,12,22H,1-3H3. The van der Waals surface area contributed by atoms with Crippen molar-refractivity contribution < 1.29 is 27.9 Å². The first-order valence-electron chi connectivity index (χ1n) is 7.03. The zero-order chi connectivity index (χ0) is 19.4. The normalized spacial score (nSPS) is 13.4. The van der Waals surface area contributed by atoms with E-state index in [1.165, 1.54) is 39.5 Å². The molecule has 2 unspecified atom stereocenters. The number of methoxy groups -OCH3 is 2. The van der Waals surface area contributed by atoms with Gasteiger partial charge in [-0.2, -0.15) is 23.1 Å². The van der Waals surface area contributed by atoms with E-state index in [1.807, 2.05) is 0 Å². The molecule has 0 bridgehead atoms. The first kappa shape index (κ1) is 20.4. The minimum atomic E-state index is -3.13. The first-order valence-corrected chi connectivity index (χ1v) is 8.57. The van der Waals surface area contributed by atoms with E-state index in [4.69, 9.17) is 21.1 Å². The molecule has 0 saturated heterocycles. The maximum atomic E-state index is 12.8. The Kier molecular flexibility index (Phi) is 6.75. The van der Waals surface area contributed by atoms with E-state index in [2.05, 4.69) is 15.0 Å². The molecule has 0 radical (unpaired) electrons. The van der Waals surface area contributed by atoms with Crippen LogP contribution in [0, 0.1) is 0 Å². The SMILES string of the molecule is COc1nc(OC)nc(C(O)c2cccc(Cl)c2N(C)[S+]([O-])C(F)F)n1. The molecule has 0 spiro atoms. The lowest BCUT2D eigenvalue weighted by atomic mass is 10.1. The van der Waals surface area contributed by atoms with E-state index in [0.717, 1.165) is 4.31 Å². The summed E-state index contributed by atoms with van der Waals surface area (Å²) in [6.07, 6.45) is -1.49. The van der Waals surface area contributed by atoms with E-state index < -0.39 is 23.2 Å². The third-order valence-electron chi connectivity index (χ3n) is 3.27. The monoisotopic (exact) mass is 408 g/mol. The molecule has 0 amide bonds. The summed E-state index contributed by atoms with van der Waals surface area (Å²) in [5.74, 6) is -3.29. The van der Waals surface area contributed by atoms with Crippen LogP contribution in [0.15, 0.2) is 18.2 Å². The summed E-state index contributed by atoms with van der Waals surface area (Å²) in [6, 6.07) is 4.12. The van der Waals surface area contributed by atoms with Crippen molar-refractivity contribution in [1.82, 2.24) is 15.0 Å². The number of aliphatic hydroxyl groups excluding tert-OH is 1. The quantitative estimate of drug-likeness (QED) is 0.693. The summed E-state index contributed by atoms with van der Waals surface area (Å²) in [4.78, 5) is 11.7. The maximum absolute atomic E-state index is 12.8. The molecule has 0 saturated carbocycles. The van der Waals surface area contributed by atoms with Gasteiger partial charge in [-0.05, 0) is 6.07 Å². The molecule has 2 atom stereocenters. The molecule has 142 valence electrons. The average Bonchev–Trinajstić information content (AvgIpc) is 2.65. The highest BCUT2D eigenvalue weighted by Crippen LogP contribution is 2.37. The van der Waals surface area contributed by atoms with Crippen LogP contribution in [0.25, 0.3) is 0 Å². The summed E-state index contributed by atoms with van der Waals surface area (Å²) in [7, 11) is 3.80. The van der Waals surface area contributed by atoms with Gasteiger partial charge in [0.25, 0.3) is 0 Å². The number of ether oxygens (including phenoxy) is 2. The van der Waals surface area contributed by atoms with Gasteiger partial charge in [0.15, 0.2) is 5.82 Å². The van der Waals surface area contributed by atoms with Gasteiger partial charge in [-0.15, -0.1) is 4.98 Å². The number of hydrogen-bond donors (Lipinski definition) is 1. The number of halogens is 3. The number of para-hydroxylation sites is 1. The number of aromatic nitrogens is 3. The van der Waals surface area contributed by atoms with Crippen molar-refractivity contribution in [3.63, 3.8) is 0 Å². The number of hydrogen-bond acceptors (Lipinski definition) is 8. The lowest BCUT2D eigenvalue weighted by molar-refractivity contribution is 0.204. The van der Waals surface area contributed by atoms with E-state index in [0.29, 0.717) is 0 Å². The van der Waals surface area contributed by atoms with Crippen molar-refractivity contribution in [1.29, 1.82) is 0 Å². The molecule has 0 aliphatic heterocycles. The van der Waals surface area contributed by atoms with Gasteiger partial charge < -0.3 is 19.1 Å². The highest BCUT2D eigenvalue weighted by molar-refractivity contribution is 7.93. The first-order chi connectivity index (χ1) is 12.3. The van der Waals surface area contributed by atoms with Crippen molar-refractivity contribution in [2.45, 2.75) is 11.9 Å². The van der Waals surface area contributed by atoms with Gasteiger partial charge in [0, 0.05) is 5.56 Å². The molecular formula is C14H15ClF2N4O4S. The summed E-state index contributed by atoms with van der Waals surface area (Å²) in [5.41, 5.74) is 0.0305. The molecule has 1 aromatic heterocycles. The Bertz CT molecular complexity index is 751. The Balaban J connectivity index is 2.53. The predicted molar refractivity (Wildman–Crippen MR) is 91.0 cm³/mol. The summed E-state index contributed by atoms with van der Waals surface area (Å²) in [5, 5.41) is 10.7. The zero-order valence-electron chi connectivity index (χ0n) is 13.9. The second kappa shape index (κ2) is 8.62. The third kappa shape index (κ3) is 4.23.